The highest BCUT2D eigenvalue weighted by atomic mass is 19.1. The van der Waals surface area contributed by atoms with E-state index in [1.807, 2.05) is 0 Å². The number of halogens is 2. The highest BCUT2D eigenvalue weighted by Gasteiger charge is 2.30. The van der Waals surface area contributed by atoms with Gasteiger partial charge in [0.2, 0.25) is 0 Å². The number of carbonyl (C=O) groups excluding carboxylic acids is 3. The van der Waals surface area contributed by atoms with Gasteiger partial charge in [-0.15, -0.1) is 0 Å². The molecule has 1 saturated heterocycles. The minimum absolute atomic E-state index is 0.142. The second-order valence-corrected chi connectivity index (χ2v) is 7.05. The van der Waals surface area contributed by atoms with Crippen LogP contribution in [0.3, 0.4) is 0 Å². The lowest BCUT2D eigenvalue weighted by Crippen LogP contribution is -2.50. The van der Waals surface area contributed by atoms with E-state index in [0.717, 1.165) is 13.2 Å². The van der Waals surface area contributed by atoms with Crippen LogP contribution in [0.4, 0.5) is 19.3 Å². The summed E-state index contributed by atoms with van der Waals surface area (Å²) in [4.78, 5) is 37.8. The summed E-state index contributed by atoms with van der Waals surface area (Å²) in [7, 11) is 1.05. The van der Waals surface area contributed by atoms with Gasteiger partial charge in [-0.25, -0.2) is 18.4 Å². The molecular formula is C18H22F2N2O5. The van der Waals surface area contributed by atoms with Crippen molar-refractivity contribution in [2.75, 3.05) is 38.2 Å². The molecule has 0 radical (unpaired) electrons. The normalized spacial score (nSPS) is 14.7. The van der Waals surface area contributed by atoms with Gasteiger partial charge in [-0.05, 0) is 26.8 Å². The van der Waals surface area contributed by atoms with Crippen LogP contribution in [0, 0.1) is 11.6 Å². The molecule has 0 bridgehead atoms. The molecule has 1 fully saturated rings. The number of amides is 1. The number of hydrogen-bond acceptors (Lipinski definition) is 6. The Labute approximate surface area is 155 Å². The molecule has 0 atom stereocenters. The van der Waals surface area contributed by atoms with Crippen molar-refractivity contribution in [3.05, 3.63) is 28.8 Å². The van der Waals surface area contributed by atoms with E-state index < -0.39 is 46.1 Å². The predicted octanol–water partition coefficient (Wildman–Crippen LogP) is 2.62. The lowest BCUT2D eigenvalue weighted by molar-refractivity contribution is 0.0240. The summed E-state index contributed by atoms with van der Waals surface area (Å²) in [6.45, 7) is 5.92. The van der Waals surface area contributed by atoms with Gasteiger partial charge in [0.15, 0.2) is 12.1 Å². The Morgan fingerprint density at radius 1 is 1.15 bits per heavy atom. The fourth-order valence-corrected chi connectivity index (χ4v) is 2.75. The average Bonchev–Trinajstić information content (AvgIpc) is 2.59. The first-order valence-electron chi connectivity index (χ1n) is 8.37. The number of piperazine rings is 1. The van der Waals surface area contributed by atoms with Gasteiger partial charge in [-0.3, -0.25) is 4.79 Å². The first kappa shape index (κ1) is 20.6. The van der Waals surface area contributed by atoms with E-state index in [4.69, 9.17) is 4.74 Å². The molecule has 0 N–H and O–H groups in total. The molecule has 27 heavy (non-hydrogen) atoms. The standard InChI is InChI=1S/C18H22F2N2O5/c1-18(2,3)27-17(25)22-7-5-21(6-8-22)15-13(19)9-11(16(24)26-4)12(10-23)14(15)20/h9-10H,5-8H2,1-4H3. The first-order valence-corrected chi connectivity index (χ1v) is 8.37. The Morgan fingerprint density at radius 3 is 2.22 bits per heavy atom. The Morgan fingerprint density at radius 2 is 1.74 bits per heavy atom. The number of aldehydes is 1. The monoisotopic (exact) mass is 384 g/mol. The molecule has 0 saturated carbocycles. The molecule has 1 heterocycles. The summed E-state index contributed by atoms with van der Waals surface area (Å²) in [5, 5.41) is 0. The topological polar surface area (TPSA) is 76.2 Å². The summed E-state index contributed by atoms with van der Waals surface area (Å²) >= 11 is 0. The molecule has 148 valence electrons. The van der Waals surface area contributed by atoms with Crippen LogP contribution in [0.25, 0.3) is 0 Å². The van der Waals surface area contributed by atoms with Crippen molar-refractivity contribution in [3.63, 3.8) is 0 Å². The van der Waals surface area contributed by atoms with Crippen LogP contribution in [0.5, 0.6) is 0 Å². The third-order valence-corrected chi connectivity index (χ3v) is 4.00. The molecule has 0 unspecified atom stereocenters. The van der Waals surface area contributed by atoms with Crippen LogP contribution < -0.4 is 4.90 Å². The van der Waals surface area contributed by atoms with Gasteiger partial charge in [0.1, 0.15) is 17.1 Å². The van der Waals surface area contributed by atoms with Crippen molar-refractivity contribution in [3.8, 4) is 0 Å². The summed E-state index contributed by atoms with van der Waals surface area (Å²) in [6, 6.07) is 0.786. The quantitative estimate of drug-likeness (QED) is 0.589. The zero-order valence-corrected chi connectivity index (χ0v) is 15.7. The van der Waals surface area contributed by atoms with E-state index in [1.165, 1.54) is 9.80 Å². The van der Waals surface area contributed by atoms with Crippen LogP contribution in [0.15, 0.2) is 6.07 Å². The Hall–Kier alpha value is -2.71. The fourth-order valence-electron chi connectivity index (χ4n) is 2.75. The zero-order chi connectivity index (χ0) is 20.4. The molecule has 1 amide bonds. The third-order valence-electron chi connectivity index (χ3n) is 4.00. The molecule has 2 rings (SSSR count). The molecule has 1 aromatic carbocycles. The lowest BCUT2D eigenvalue weighted by Gasteiger charge is -2.37. The van der Waals surface area contributed by atoms with E-state index >= 15 is 0 Å². The summed E-state index contributed by atoms with van der Waals surface area (Å²) in [5.74, 6) is -3.11. The van der Waals surface area contributed by atoms with Gasteiger partial charge in [0.05, 0.1) is 18.2 Å². The SMILES string of the molecule is COC(=O)c1cc(F)c(N2CCN(C(=O)OC(C)(C)C)CC2)c(F)c1C=O. The molecule has 0 spiro atoms. The maximum Gasteiger partial charge on any atom is 0.410 e. The van der Waals surface area contributed by atoms with Crippen molar-refractivity contribution in [1.29, 1.82) is 0 Å². The molecule has 1 aromatic rings. The fraction of sp³-hybridized carbons (Fsp3) is 0.500. The zero-order valence-electron chi connectivity index (χ0n) is 15.7. The van der Waals surface area contributed by atoms with Gasteiger partial charge in [-0.2, -0.15) is 0 Å². The third kappa shape index (κ3) is 4.53. The van der Waals surface area contributed by atoms with Crippen molar-refractivity contribution < 1.29 is 32.6 Å². The van der Waals surface area contributed by atoms with E-state index in [9.17, 15) is 23.2 Å². The van der Waals surface area contributed by atoms with Crippen LogP contribution in [0.1, 0.15) is 41.5 Å². The Balaban J connectivity index is 2.22. The molecule has 7 nitrogen and oxygen atoms in total. The molecule has 0 aromatic heterocycles. The number of nitrogens with zero attached hydrogens (tertiary/aromatic N) is 2. The molecule has 1 aliphatic heterocycles. The number of anilines is 1. The number of esters is 1. The number of rotatable bonds is 3. The predicted molar refractivity (Wildman–Crippen MR) is 93.1 cm³/mol. The summed E-state index contributed by atoms with van der Waals surface area (Å²) < 4.78 is 38.9. The summed E-state index contributed by atoms with van der Waals surface area (Å²) in [6.07, 6.45) is -0.348. The molecule has 0 aliphatic carbocycles. The van der Waals surface area contributed by atoms with E-state index in [0.29, 0.717) is 0 Å². The van der Waals surface area contributed by atoms with Gasteiger partial charge in [-0.1, -0.05) is 0 Å². The number of benzene rings is 1. The van der Waals surface area contributed by atoms with E-state index in [1.54, 1.807) is 20.8 Å². The lowest BCUT2D eigenvalue weighted by atomic mass is 10.0. The average molecular weight is 384 g/mol. The summed E-state index contributed by atoms with van der Waals surface area (Å²) in [5.41, 5.74) is -2.09. The van der Waals surface area contributed by atoms with Crippen molar-refractivity contribution >= 4 is 24.0 Å². The second kappa shape index (κ2) is 7.89. The largest absolute Gasteiger partial charge is 0.465 e. The number of hydrogen-bond donors (Lipinski definition) is 0. The van der Waals surface area contributed by atoms with Gasteiger partial charge >= 0.3 is 12.1 Å². The van der Waals surface area contributed by atoms with Crippen LogP contribution in [-0.4, -0.2) is 62.1 Å². The van der Waals surface area contributed by atoms with Crippen LogP contribution in [0.2, 0.25) is 0 Å². The molecular weight excluding hydrogens is 362 g/mol. The maximum atomic E-state index is 14.7. The molecule has 1 aliphatic rings. The van der Waals surface area contributed by atoms with E-state index in [-0.39, 0.29) is 32.5 Å². The van der Waals surface area contributed by atoms with Gasteiger partial charge < -0.3 is 19.3 Å². The number of carbonyl (C=O) groups is 3. The maximum absolute atomic E-state index is 14.7. The Bertz CT molecular complexity index is 753. The van der Waals surface area contributed by atoms with Gasteiger partial charge in [0.25, 0.3) is 0 Å². The van der Waals surface area contributed by atoms with E-state index in [2.05, 4.69) is 4.74 Å². The highest BCUT2D eigenvalue weighted by molar-refractivity contribution is 5.99. The second-order valence-electron chi connectivity index (χ2n) is 7.05. The minimum atomic E-state index is -1.13. The number of ether oxygens (including phenoxy) is 2. The molecule has 9 heteroatoms. The Kier molecular flexibility index (Phi) is 6.02. The minimum Gasteiger partial charge on any atom is -0.465 e. The van der Waals surface area contributed by atoms with Crippen LogP contribution in [-0.2, 0) is 9.47 Å². The van der Waals surface area contributed by atoms with Crippen molar-refractivity contribution in [2.24, 2.45) is 0 Å². The highest BCUT2D eigenvalue weighted by Crippen LogP contribution is 2.29. The van der Waals surface area contributed by atoms with Crippen LogP contribution >= 0.6 is 0 Å². The smallest absolute Gasteiger partial charge is 0.410 e. The van der Waals surface area contributed by atoms with Crippen molar-refractivity contribution in [1.82, 2.24) is 4.90 Å². The first-order chi connectivity index (χ1) is 12.6. The van der Waals surface area contributed by atoms with Gasteiger partial charge in [0, 0.05) is 26.2 Å². The van der Waals surface area contributed by atoms with Crippen molar-refractivity contribution in [2.45, 2.75) is 26.4 Å². The number of methoxy groups -OCH3 is 1.